The molecule has 0 bridgehead atoms. The molecule has 1 amide bonds. The molecule has 0 aromatic rings. The topological polar surface area (TPSA) is 92.5 Å². The third-order valence-electron chi connectivity index (χ3n) is 3.30. The maximum atomic E-state index is 12.1. The number of hydrogen-bond acceptors (Lipinski definition) is 4. The fraction of sp³-hybridized carbons (Fsp3) is 0.909. The molecule has 3 N–H and O–H groups in total. The Hall–Kier alpha value is -0.370. The van der Waals surface area contributed by atoms with Crippen molar-refractivity contribution in [2.75, 3.05) is 14.1 Å². The van der Waals surface area contributed by atoms with Gasteiger partial charge in [0.25, 0.3) is 0 Å². The predicted molar refractivity (Wildman–Crippen MR) is 77.7 cm³/mol. The molecule has 1 aliphatic rings. The summed E-state index contributed by atoms with van der Waals surface area (Å²) in [6, 6.07) is -0.0949. The third-order valence-corrected chi connectivity index (χ3v) is 5.09. The van der Waals surface area contributed by atoms with E-state index >= 15 is 0 Å². The van der Waals surface area contributed by atoms with Gasteiger partial charge in [0.1, 0.15) is 0 Å². The number of sulfonamides is 1. The van der Waals surface area contributed by atoms with Crippen LogP contribution in [0.4, 0.5) is 0 Å². The van der Waals surface area contributed by atoms with Gasteiger partial charge in [0.05, 0.1) is 0 Å². The molecule has 19 heavy (non-hydrogen) atoms. The Labute approximate surface area is 121 Å². The van der Waals surface area contributed by atoms with Crippen molar-refractivity contribution in [3.63, 3.8) is 0 Å². The highest BCUT2D eigenvalue weighted by atomic mass is 35.5. The van der Waals surface area contributed by atoms with Crippen molar-refractivity contribution in [3.8, 4) is 0 Å². The van der Waals surface area contributed by atoms with Crippen molar-refractivity contribution in [1.29, 1.82) is 0 Å². The first kappa shape index (κ1) is 18.6. The molecule has 1 aliphatic carbocycles. The van der Waals surface area contributed by atoms with E-state index in [-0.39, 0.29) is 24.5 Å². The number of carbonyl (C=O) groups excluding carboxylic acids is 1. The van der Waals surface area contributed by atoms with E-state index in [9.17, 15) is 13.2 Å². The van der Waals surface area contributed by atoms with E-state index in [2.05, 4.69) is 4.72 Å². The van der Waals surface area contributed by atoms with E-state index in [0.29, 0.717) is 6.42 Å². The standard InChI is InChI=1S/C11H23N3O3S.ClH/c1-8(11(15)14(2)3)18(16,17)13-10-6-4-5-9(12)7-10;/h8-10,13H,4-7,12H2,1-3H3;1H. The molecular weight excluding hydrogens is 290 g/mol. The largest absolute Gasteiger partial charge is 0.348 e. The smallest absolute Gasteiger partial charge is 0.241 e. The number of carbonyl (C=O) groups is 1. The van der Waals surface area contributed by atoms with E-state index in [0.717, 1.165) is 19.3 Å². The molecule has 0 aromatic carbocycles. The second-order valence-electron chi connectivity index (χ2n) is 5.16. The molecular formula is C11H24ClN3O3S. The lowest BCUT2D eigenvalue weighted by Gasteiger charge is -2.28. The molecule has 1 rings (SSSR count). The molecule has 6 nitrogen and oxygen atoms in total. The zero-order valence-corrected chi connectivity index (χ0v) is 13.3. The van der Waals surface area contributed by atoms with Gasteiger partial charge in [0, 0.05) is 26.2 Å². The first-order valence-corrected chi connectivity index (χ1v) is 7.76. The highest BCUT2D eigenvalue weighted by molar-refractivity contribution is 7.90. The summed E-state index contributed by atoms with van der Waals surface area (Å²) < 4.78 is 26.7. The fourth-order valence-electron chi connectivity index (χ4n) is 2.17. The van der Waals surface area contributed by atoms with Gasteiger partial charge in [-0.2, -0.15) is 0 Å². The number of amides is 1. The molecule has 114 valence electrons. The number of hydrogen-bond donors (Lipinski definition) is 2. The SMILES string of the molecule is CC(C(=O)N(C)C)S(=O)(=O)NC1CCCC(N)C1.Cl. The highest BCUT2D eigenvalue weighted by Crippen LogP contribution is 2.18. The lowest BCUT2D eigenvalue weighted by atomic mass is 9.92. The number of halogens is 1. The number of rotatable bonds is 4. The Morgan fingerprint density at radius 1 is 1.37 bits per heavy atom. The summed E-state index contributed by atoms with van der Waals surface area (Å²) in [5, 5.41) is -1.06. The van der Waals surface area contributed by atoms with Crippen LogP contribution in [-0.4, -0.2) is 50.7 Å². The fourth-order valence-corrected chi connectivity index (χ4v) is 3.52. The van der Waals surface area contributed by atoms with E-state index in [1.807, 2.05) is 0 Å². The van der Waals surface area contributed by atoms with Gasteiger partial charge in [-0.15, -0.1) is 12.4 Å². The van der Waals surface area contributed by atoms with Crippen molar-refractivity contribution in [3.05, 3.63) is 0 Å². The molecule has 0 aromatic heterocycles. The van der Waals surface area contributed by atoms with Crippen molar-refractivity contribution < 1.29 is 13.2 Å². The molecule has 1 saturated carbocycles. The first-order chi connectivity index (χ1) is 8.24. The average molecular weight is 314 g/mol. The monoisotopic (exact) mass is 313 g/mol. The Balaban J connectivity index is 0.00000324. The molecule has 0 heterocycles. The van der Waals surface area contributed by atoms with Gasteiger partial charge in [-0.05, 0) is 26.2 Å². The van der Waals surface area contributed by atoms with Gasteiger partial charge < -0.3 is 10.6 Å². The lowest BCUT2D eigenvalue weighted by molar-refractivity contribution is -0.127. The summed E-state index contributed by atoms with van der Waals surface area (Å²) in [6.07, 6.45) is 3.28. The van der Waals surface area contributed by atoms with Crippen molar-refractivity contribution in [1.82, 2.24) is 9.62 Å². The third kappa shape index (κ3) is 5.25. The maximum Gasteiger partial charge on any atom is 0.241 e. The summed E-state index contributed by atoms with van der Waals surface area (Å²) in [7, 11) is -0.531. The highest BCUT2D eigenvalue weighted by Gasteiger charge is 2.32. The minimum absolute atomic E-state index is 0. The maximum absolute atomic E-state index is 12.1. The van der Waals surface area contributed by atoms with Crippen molar-refractivity contribution in [2.45, 2.75) is 49.9 Å². The normalized spacial score (nSPS) is 25.3. The van der Waals surface area contributed by atoms with Gasteiger partial charge in [-0.1, -0.05) is 6.42 Å². The zero-order chi connectivity index (χ0) is 13.9. The Kier molecular flexibility index (Phi) is 7.28. The minimum Gasteiger partial charge on any atom is -0.348 e. The second-order valence-corrected chi connectivity index (χ2v) is 7.19. The number of nitrogens with two attached hydrogens (primary N) is 1. The van der Waals surface area contributed by atoms with Crippen LogP contribution in [0.1, 0.15) is 32.6 Å². The molecule has 0 spiro atoms. The summed E-state index contributed by atoms with van der Waals surface area (Å²) in [4.78, 5) is 13.0. The molecule has 3 atom stereocenters. The Morgan fingerprint density at radius 2 is 1.95 bits per heavy atom. The van der Waals surface area contributed by atoms with Crippen molar-refractivity contribution in [2.24, 2.45) is 5.73 Å². The van der Waals surface area contributed by atoms with Gasteiger partial charge >= 0.3 is 0 Å². The van der Waals surface area contributed by atoms with Crippen molar-refractivity contribution >= 4 is 28.3 Å². The predicted octanol–water partition coefficient (Wildman–Crippen LogP) is 0.0742. The van der Waals surface area contributed by atoms with Crippen LogP contribution >= 0.6 is 12.4 Å². The van der Waals surface area contributed by atoms with Gasteiger partial charge in [-0.3, -0.25) is 4.79 Å². The summed E-state index contributed by atoms with van der Waals surface area (Å²) >= 11 is 0. The molecule has 0 radical (unpaired) electrons. The average Bonchev–Trinajstić information content (AvgIpc) is 2.26. The van der Waals surface area contributed by atoms with E-state index in [4.69, 9.17) is 5.73 Å². The van der Waals surface area contributed by atoms with Crippen LogP contribution in [0.15, 0.2) is 0 Å². The summed E-state index contributed by atoms with van der Waals surface area (Å²) in [5.74, 6) is -0.414. The molecule has 8 heteroatoms. The number of nitrogens with zero attached hydrogens (tertiary/aromatic N) is 1. The van der Waals surface area contributed by atoms with E-state index in [1.165, 1.54) is 11.8 Å². The van der Waals surface area contributed by atoms with Gasteiger partial charge in [-0.25, -0.2) is 13.1 Å². The number of nitrogens with one attached hydrogen (secondary N) is 1. The quantitative estimate of drug-likeness (QED) is 0.768. The van der Waals surface area contributed by atoms with E-state index < -0.39 is 21.2 Å². The Bertz CT molecular complexity index is 400. The minimum atomic E-state index is -3.62. The van der Waals surface area contributed by atoms with Gasteiger partial charge in [0.15, 0.2) is 5.25 Å². The molecule has 0 aliphatic heterocycles. The van der Waals surface area contributed by atoms with Crippen LogP contribution in [0.2, 0.25) is 0 Å². The molecule has 0 saturated heterocycles. The Morgan fingerprint density at radius 3 is 2.42 bits per heavy atom. The molecule has 1 fully saturated rings. The summed E-state index contributed by atoms with van der Waals surface area (Å²) in [6.45, 7) is 1.41. The zero-order valence-electron chi connectivity index (χ0n) is 11.6. The van der Waals surface area contributed by atoms with Crippen LogP contribution in [0.5, 0.6) is 0 Å². The van der Waals surface area contributed by atoms with E-state index in [1.54, 1.807) is 14.1 Å². The first-order valence-electron chi connectivity index (χ1n) is 6.22. The second kappa shape index (κ2) is 7.42. The van der Waals surface area contributed by atoms with Crippen LogP contribution in [0, 0.1) is 0 Å². The summed E-state index contributed by atoms with van der Waals surface area (Å²) in [5.41, 5.74) is 5.82. The van der Waals surface area contributed by atoms with Crippen LogP contribution in [0.3, 0.4) is 0 Å². The van der Waals surface area contributed by atoms with Crippen LogP contribution in [-0.2, 0) is 14.8 Å². The van der Waals surface area contributed by atoms with Crippen LogP contribution in [0.25, 0.3) is 0 Å². The lowest BCUT2D eigenvalue weighted by Crippen LogP contribution is -2.48. The molecule has 3 unspecified atom stereocenters. The van der Waals surface area contributed by atoms with Crippen LogP contribution < -0.4 is 10.5 Å². The van der Waals surface area contributed by atoms with Gasteiger partial charge in [0.2, 0.25) is 15.9 Å².